The zero-order chi connectivity index (χ0) is 16.0. The van der Waals surface area contributed by atoms with E-state index in [4.69, 9.17) is 39.9 Å². The Balaban J connectivity index is 2.60. The van der Waals surface area contributed by atoms with Crippen LogP contribution in [0.25, 0.3) is 0 Å². The summed E-state index contributed by atoms with van der Waals surface area (Å²) in [5, 5.41) is 14.7. The van der Waals surface area contributed by atoms with Crippen molar-refractivity contribution in [1.82, 2.24) is 5.32 Å². The lowest BCUT2D eigenvalue weighted by Gasteiger charge is -2.15. The Bertz CT molecular complexity index is 514. The van der Waals surface area contributed by atoms with Crippen molar-refractivity contribution in [3.63, 3.8) is 0 Å². The molecule has 0 heterocycles. The number of rotatable bonds is 6. The summed E-state index contributed by atoms with van der Waals surface area (Å²) < 4.78 is 0. The van der Waals surface area contributed by atoms with Gasteiger partial charge >= 0.3 is 12.0 Å². The Morgan fingerprint density at radius 2 is 1.81 bits per heavy atom. The normalized spacial score (nSPS) is 11.8. The highest BCUT2D eigenvalue weighted by molar-refractivity contribution is 6.42. The lowest BCUT2D eigenvalue weighted by Crippen LogP contribution is -2.33. The number of hydrogen-bond acceptors (Lipinski definition) is 2. The van der Waals surface area contributed by atoms with Crippen molar-refractivity contribution in [3.05, 3.63) is 27.2 Å². The van der Waals surface area contributed by atoms with Gasteiger partial charge in [0, 0.05) is 18.0 Å². The minimum absolute atomic E-state index is 0.000757. The number of carbonyl (C=O) groups is 2. The summed E-state index contributed by atoms with van der Waals surface area (Å²) in [5.41, 5.74) is 0.256. The minimum Gasteiger partial charge on any atom is -0.481 e. The molecule has 1 rings (SSSR count). The van der Waals surface area contributed by atoms with E-state index in [1.54, 1.807) is 0 Å². The van der Waals surface area contributed by atoms with Gasteiger partial charge in [0.25, 0.3) is 0 Å². The number of anilines is 1. The van der Waals surface area contributed by atoms with Crippen LogP contribution in [0.2, 0.25) is 15.1 Å². The first-order valence-corrected chi connectivity index (χ1v) is 7.38. The number of nitrogens with one attached hydrogen (secondary N) is 2. The third kappa shape index (κ3) is 5.99. The molecule has 0 bridgehead atoms. The van der Waals surface area contributed by atoms with Gasteiger partial charge in [0.05, 0.1) is 15.7 Å². The molecule has 0 saturated carbocycles. The number of amides is 2. The fraction of sp³-hybridized carbons (Fsp3) is 0.385. The molecule has 1 aromatic carbocycles. The SMILES string of the molecule is CCC(CNC(=O)Nc1c(Cl)cc(Cl)cc1Cl)CC(=O)O. The standard InChI is InChI=1S/C13H15Cl3N2O3/c1-2-7(3-11(19)20)6-17-13(21)18-12-9(15)4-8(14)5-10(12)16/h4-5,7H,2-3,6H2,1H3,(H,19,20)(H2,17,18,21). The van der Waals surface area contributed by atoms with E-state index in [1.165, 1.54) is 12.1 Å². The molecule has 1 atom stereocenters. The Morgan fingerprint density at radius 1 is 1.24 bits per heavy atom. The third-order valence-corrected chi connectivity index (χ3v) is 3.65. The van der Waals surface area contributed by atoms with Gasteiger partial charge in [-0.1, -0.05) is 48.1 Å². The van der Waals surface area contributed by atoms with Crippen molar-refractivity contribution in [2.45, 2.75) is 19.8 Å². The number of halogens is 3. The summed E-state index contributed by atoms with van der Waals surface area (Å²) in [6.45, 7) is 2.11. The van der Waals surface area contributed by atoms with Gasteiger partial charge < -0.3 is 15.7 Å². The lowest BCUT2D eigenvalue weighted by molar-refractivity contribution is -0.138. The van der Waals surface area contributed by atoms with E-state index in [9.17, 15) is 9.59 Å². The fourth-order valence-corrected chi connectivity index (χ4v) is 2.58. The van der Waals surface area contributed by atoms with Gasteiger partial charge in [-0.25, -0.2) is 4.79 Å². The Hall–Kier alpha value is -1.17. The summed E-state index contributed by atoms with van der Waals surface area (Å²) in [5.74, 6) is -1.03. The summed E-state index contributed by atoms with van der Waals surface area (Å²) in [6.07, 6.45) is 0.647. The summed E-state index contributed by atoms with van der Waals surface area (Å²) >= 11 is 17.7. The summed E-state index contributed by atoms with van der Waals surface area (Å²) in [7, 11) is 0. The van der Waals surface area contributed by atoms with Crippen LogP contribution < -0.4 is 10.6 Å². The fourth-order valence-electron chi connectivity index (χ4n) is 1.66. The topological polar surface area (TPSA) is 78.4 Å². The molecule has 116 valence electrons. The average Bonchev–Trinajstić information content (AvgIpc) is 2.38. The van der Waals surface area contributed by atoms with Crippen molar-refractivity contribution in [1.29, 1.82) is 0 Å². The number of carboxylic acids is 1. The molecular weight excluding hydrogens is 339 g/mol. The van der Waals surface area contributed by atoms with Gasteiger partial charge in [-0.15, -0.1) is 0 Å². The molecule has 0 saturated heterocycles. The average molecular weight is 354 g/mol. The predicted octanol–water partition coefficient (Wildman–Crippen LogP) is 4.27. The number of aliphatic carboxylic acids is 1. The molecular formula is C13H15Cl3N2O3. The number of carbonyl (C=O) groups excluding carboxylic acids is 1. The molecule has 21 heavy (non-hydrogen) atoms. The van der Waals surface area contributed by atoms with Gasteiger partial charge in [-0.05, 0) is 18.1 Å². The summed E-state index contributed by atoms with van der Waals surface area (Å²) in [4.78, 5) is 22.4. The minimum atomic E-state index is -0.896. The zero-order valence-corrected chi connectivity index (χ0v) is 13.5. The molecule has 0 aromatic heterocycles. The molecule has 0 radical (unpaired) electrons. The Morgan fingerprint density at radius 3 is 2.29 bits per heavy atom. The third-order valence-electron chi connectivity index (χ3n) is 2.84. The second kappa shape index (κ2) is 8.32. The van der Waals surface area contributed by atoms with Crippen LogP contribution in [0.3, 0.4) is 0 Å². The van der Waals surface area contributed by atoms with E-state index in [1.807, 2.05) is 6.92 Å². The van der Waals surface area contributed by atoms with E-state index in [0.717, 1.165) is 0 Å². The monoisotopic (exact) mass is 352 g/mol. The van der Waals surface area contributed by atoms with Gasteiger partial charge in [-0.3, -0.25) is 4.79 Å². The maximum absolute atomic E-state index is 11.8. The molecule has 8 heteroatoms. The quantitative estimate of drug-likeness (QED) is 0.714. The van der Waals surface area contributed by atoms with E-state index in [2.05, 4.69) is 10.6 Å². The summed E-state index contributed by atoms with van der Waals surface area (Å²) in [6, 6.07) is 2.42. The van der Waals surface area contributed by atoms with E-state index in [0.29, 0.717) is 11.4 Å². The van der Waals surface area contributed by atoms with Crippen LogP contribution in [-0.4, -0.2) is 23.7 Å². The van der Waals surface area contributed by atoms with Gasteiger partial charge in [-0.2, -0.15) is 0 Å². The highest BCUT2D eigenvalue weighted by Crippen LogP contribution is 2.33. The van der Waals surface area contributed by atoms with Crippen molar-refractivity contribution in [3.8, 4) is 0 Å². The first kappa shape index (κ1) is 17.9. The second-order valence-electron chi connectivity index (χ2n) is 4.45. The van der Waals surface area contributed by atoms with E-state index in [-0.39, 0.29) is 34.6 Å². The van der Waals surface area contributed by atoms with Crippen LogP contribution in [-0.2, 0) is 4.79 Å². The Labute approximate surface area is 137 Å². The largest absolute Gasteiger partial charge is 0.481 e. The predicted molar refractivity (Wildman–Crippen MR) is 84.5 cm³/mol. The van der Waals surface area contributed by atoms with E-state index >= 15 is 0 Å². The zero-order valence-electron chi connectivity index (χ0n) is 11.3. The van der Waals surface area contributed by atoms with Crippen LogP contribution in [0.1, 0.15) is 19.8 Å². The van der Waals surface area contributed by atoms with Crippen LogP contribution in [0.5, 0.6) is 0 Å². The molecule has 5 nitrogen and oxygen atoms in total. The lowest BCUT2D eigenvalue weighted by atomic mass is 10.0. The molecule has 2 amide bonds. The first-order chi connectivity index (χ1) is 9.83. The van der Waals surface area contributed by atoms with Crippen molar-refractivity contribution in [2.75, 3.05) is 11.9 Å². The van der Waals surface area contributed by atoms with Gasteiger partial charge in [0.15, 0.2) is 0 Å². The number of urea groups is 1. The highest BCUT2D eigenvalue weighted by Gasteiger charge is 2.14. The molecule has 1 unspecified atom stereocenters. The number of benzene rings is 1. The molecule has 0 spiro atoms. The first-order valence-electron chi connectivity index (χ1n) is 6.24. The number of carboxylic acid groups (broad SMARTS) is 1. The maximum Gasteiger partial charge on any atom is 0.319 e. The Kier molecular flexibility index (Phi) is 7.08. The van der Waals surface area contributed by atoms with Gasteiger partial charge in [0.1, 0.15) is 0 Å². The second-order valence-corrected chi connectivity index (χ2v) is 5.70. The van der Waals surface area contributed by atoms with Crippen LogP contribution >= 0.6 is 34.8 Å². The van der Waals surface area contributed by atoms with Crippen LogP contribution in [0, 0.1) is 5.92 Å². The molecule has 0 fully saturated rings. The molecule has 0 aliphatic carbocycles. The maximum atomic E-state index is 11.8. The van der Waals surface area contributed by atoms with E-state index < -0.39 is 12.0 Å². The van der Waals surface area contributed by atoms with Crippen LogP contribution in [0.15, 0.2) is 12.1 Å². The van der Waals surface area contributed by atoms with Crippen LogP contribution in [0.4, 0.5) is 10.5 Å². The van der Waals surface area contributed by atoms with Crippen molar-refractivity contribution in [2.24, 2.45) is 5.92 Å². The van der Waals surface area contributed by atoms with Crippen molar-refractivity contribution < 1.29 is 14.7 Å². The smallest absolute Gasteiger partial charge is 0.319 e. The molecule has 0 aliphatic rings. The molecule has 0 aliphatic heterocycles. The number of hydrogen-bond donors (Lipinski definition) is 3. The molecule has 3 N–H and O–H groups in total. The highest BCUT2D eigenvalue weighted by atomic mass is 35.5. The van der Waals surface area contributed by atoms with Crippen molar-refractivity contribution >= 4 is 52.5 Å². The van der Waals surface area contributed by atoms with Gasteiger partial charge in [0.2, 0.25) is 0 Å². The molecule has 1 aromatic rings.